The Labute approximate surface area is 123 Å². The number of urea groups is 1. The van der Waals surface area contributed by atoms with Gasteiger partial charge in [0, 0.05) is 24.7 Å². The Morgan fingerprint density at radius 2 is 2.19 bits per heavy atom. The first kappa shape index (κ1) is 15.3. The monoisotopic (exact) mass is 295 g/mol. The molecule has 0 saturated carbocycles. The van der Waals surface area contributed by atoms with E-state index in [1.54, 1.807) is 11.8 Å². The number of rotatable bonds is 4. The molecule has 1 aliphatic rings. The zero-order valence-corrected chi connectivity index (χ0v) is 12.4. The van der Waals surface area contributed by atoms with Crippen molar-refractivity contribution in [1.82, 2.24) is 15.4 Å². The number of aliphatic carboxylic acids is 1. The Balaban J connectivity index is 1.96. The molecule has 1 fully saturated rings. The zero-order chi connectivity index (χ0) is 15.4. The number of aryl methyl sites for hydroxylation is 2. The molecule has 7 heteroatoms. The summed E-state index contributed by atoms with van der Waals surface area (Å²) >= 11 is 0. The fourth-order valence-electron chi connectivity index (χ4n) is 2.70. The topological polar surface area (TPSA) is 95.7 Å². The van der Waals surface area contributed by atoms with Crippen molar-refractivity contribution < 1.29 is 19.2 Å². The van der Waals surface area contributed by atoms with Crippen molar-refractivity contribution in [3.63, 3.8) is 0 Å². The molecule has 2 heterocycles. The lowest BCUT2D eigenvalue weighted by atomic mass is 10.00. The standard InChI is InChI=1S/C14H21N3O4/c1-9-12(10(2)21-16-9)8-15-14(20)17-6-4-3-5-11(17)7-13(18)19/h11H,3-8H2,1-2H3,(H,15,20)(H,18,19). The Bertz CT molecular complexity index is 507. The number of amides is 2. The average molecular weight is 295 g/mol. The molecule has 0 aliphatic carbocycles. The third-order valence-electron chi connectivity index (χ3n) is 3.90. The van der Waals surface area contributed by atoms with Crippen LogP contribution in [0.25, 0.3) is 0 Å². The molecule has 7 nitrogen and oxygen atoms in total. The Hall–Kier alpha value is -2.05. The van der Waals surface area contributed by atoms with Gasteiger partial charge in [0.25, 0.3) is 0 Å². The van der Waals surface area contributed by atoms with E-state index in [0.29, 0.717) is 18.8 Å². The van der Waals surface area contributed by atoms with Crippen LogP contribution in [0.1, 0.15) is 42.7 Å². The van der Waals surface area contributed by atoms with Crippen molar-refractivity contribution in [1.29, 1.82) is 0 Å². The van der Waals surface area contributed by atoms with Crippen LogP contribution >= 0.6 is 0 Å². The van der Waals surface area contributed by atoms with Crippen LogP contribution in [-0.4, -0.2) is 39.8 Å². The van der Waals surface area contributed by atoms with Gasteiger partial charge in [-0.3, -0.25) is 4.79 Å². The molecule has 2 rings (SSSR count). The molecule has 0 bridgehead atoms. The second kappa shape index (κ2) is 6.60. The summed E-state index contributed by atoms with van der Waals surface area (Å²) < 4.78 is 5.05. The molecule has 1 aromatic rings. The normalized spacial score (nSPS) is 18.6. The van der Waals surface area contributed by atoms with Crippen molar-refractivity contribution in [3.05, 3.63) is 17.0 Å². The van der Waals surface area contributed by atoms with E-state index in [1.807, 2.05) is 6.92 Å². The van der Waals surface area contributed by atoms with Crippen molar-refractivity contribution in [3.8, 4) is 0 Å². The summed E-state index contributed by atoms with van der Waals surface area (Å²) in [5.74, 6) is -0.182. The number of nitrogens with zero attached hydrogens (tertiary/aromatic N) is 2. The summed E-state index contributed by atoms with van der Waals surface area (Å²) in [6.07, 6.45) is 2.62. The highest BCUT2D eigenvalue weighted by Crippen LogP contribution is 2.20. The number of likely N-dealkylation sites (tertiary alicyclic amines) is 1. The highest BCUT2D eigenvalue weighted by molar-refractivity contribution is 5.76. The molecule has 1 atom stereocenters. The molecule has 2 amide bonds. The van der Waals surface area contributed by atoms with Gasteiger partial charge in [0.1, 0.15) is 5.76 Å². The number of carbonyl (C=O) groups excluding carboxylic acids is 1. The number of nitrogens with one attached hydrogen (secondary N) is 1. The summed E-state index contributed by atoms with van der Waals surface area (Å²) in [6, 6.07) is -0.443. The lowest BCUT2D eigenvalue weighted by Crippen LogP contribution is -2.49. The first-order chi connectivity index (χ1) is 9.99. The van der Waals surface area contributed by atoms with Crippen LogP contribution in [0.15, 0.2) is 4.52 Å². The fourth-order valence-corrected chi connectivity index (χ4v) is 2.70. The lowest BCUT2D eigenvalue weighted by Gasteiger charge is -2.34. The van der Waals surface area contributed by atoms with Gasteiger partial charge in [-0.05, 0) is 33.1 Å². The van der Waals surface area contributed by atoms with E-state index in [-0.39, 0.29) is 18.5 Å². The molecule has 1 aliphatic heterocycles. The van der Waals surface area contributed by atoms with Gasteiger partial charge in [0.2, 0.25) is 0 Å². The molecule has 21 heavy (non-hydrogen) atoms. The molecule has 0 aromatic carbocycles. The maximum Gasteiger partial charge on any atom is 0.317 e. The number of carboxylic acids is 1. The van der Waals surface area contributed by atoms with Crippen LogP contribution in [0.4, 0.5) is 4.79 Å². The average Bonchev–Trinajstić information content (AvgIpc) is 2.75. The minimum atomic E-state index is -0.870. The summed E-state index contributed by atoms with van der Waals surface area (Å²) in [7, 11) is 0. The van der Waals surface area contributed by atoms with E-state index in [1.165, 1.54) is 0 Å². The van der Waals surface area contributed by atoms with Gasteiger partial charge in [-0.2, -0.15) is 0 Å². The number of piperidine rings is 1. The van der Waals surface area contributed by atoms with Gasteiger partial charge in [-0.25, -0.2) is 4.79 Å². The van der Waals surface area contributed by atoms with Gasteiger partial charge in [-0.1, -0.05) is 5.16 Å². The Morgan fingerprint density at radius 3 is 2.81 bits per heavy atom. The van der Waals surface area contributed by atoms with E-state index < -0.39 is 5.97 Å². The van der Waals surface area contributed by atoms with Gasteiger partial charge in [-0.15, -0.1) is 0 Å². The number of aromatic nitrogens is 1. The van der Waals surface area contributed by atoms with Crippen LogP contribution in [0.2, 0.25) is 0 Å². The molecule has 1 unspecified atom stereocenters. The number of hydrogen-bond donors (Lipinski definition) is 2. The quantitative estimate of drug-likeness (QED) is 0.883. The van der Waals surface area contributed by atoms with E-state index in [4.69, 9.17) is 9.63 Å². The summed E-state index contributed by atoms with van der Waals surface area (Å²) in [4.78, 5) is 24.8. The van der Waals surface area contributed by atoms with Crippen molar-refractivity contribution in [2.45, 2.75) is 52.1 Å². The lowest BCUT2D eigenvalue weighted by molar-refractivity contribution is -0.138. The second-order valence-electron chi connectivity index (χ2n) is 5.40. The highest BCUT2D eigenvalue weighted by Gasteiger charge is 2.28. The summed E-state index contributed by atoms with van der Waals surface area (Å²) in [5, 5.41) is 15.6. The van der Waals surface area contributed by atoms with Crippen molar-refractivity contribution in [2.24, 2.45) is 0 Å². The molecular formula is C14H21N3O4. The molecule has 1 aromatic heterocycles. The molecule has 116 valence electrons. The van der Waals surface area contributed by atoms with E-state index in [9.17, 15) is 9.59 Å². The van der Waals surface area contributed by atoms with Gasteiger partial charge >= 0.3 is 12.0 Å². The fraction of sp³-hybridized carbons (Fsp3) is 0.643. The van der Waals surface area contributed by atoms with E-state index in [0.717, 1.165) is 30.5 Å². The number of carboxylic acid groups (broad SMARTS) is 1. The Morgan fingerprint density at radius 1 is 1.43 bits per heavy atom. The first-order valence-corrected chi connectivity index (χ1v) is 7.17. The van der Waals surface area contributed by atoms with Crippen LogP contribution in [0.5, 0.6) is 0 Å². The number of carbonyl (C=O) groups is 2. The number of hydrogen-bond acceptors (Lipinski definition) is 4. The SMILES string of the molecule is Cc1noc(C)c1CNC(=O)N1CCCCC1CC(=O)O. The molecular weight excluding hydrogens is 274 g/mol. The van der Waals surface area contributed by atoms with Gasteiger partial charge < -0.3 is 19.8 Å². The van der Waals surface area contributed by atoms with Gasteiger partial charge in [0.05, 0.1) is 12.1 Å². The molecule has 0 spiro atoms. The Kier molecular flexibility index (Phi) is 4.82. The maximum absolute atomic E-state index is 12.3. The minimum Gasteiger partial charge on any atom is -0.481 e. The smallest absolute Gasteiger partial charge is 0.317 e. The summed E-state index contributed by atoms with van der Waals surface area (Å²) in [5.41, 5.74) is 1.63. The van der Waals surface area contributed by atoms with Crippen LogP contribution in [0.3, 0.4) is 0 Å². The van der Waals surface area contributed by atoms with Crippen molar-refractivity contribution >= 4 is 12.0 Å². The molecule has 1 saturated heterocycles. The van der Waals surface area contributed by atoms with Crippen LogP contribution in [0, 0.1) is 13.8 Å². The van der Waals surface area contributed by atoms with Crippen molar-refractivity contribution in [2.75, 3.05) is 6.54 Å². The van der Waals surface area contributed by atoms with E-state index >= 15 is 0 Å². The molecule has 0 radical (unpaired) electrons. The first-order valence-electron chi connectivity index (χ1n) is 7.17. The highest BCUT2D eigenvalue weighted by atomic mass is 16.5. The predicted molar refractivity (Wildman–Crippen MR) is 74.8 cm³/mol. The zero-order valence-electron chi connectivity index (χ0n) is 12.4. The third-order valence-corrected chi connectivity index (χ3v) is 3.90. The third kappa shape index (κ3) is 3.74. The maximum atomic E-state index is 12.3. The predicted octanol–water partition coefficient (Wildman–Crippen LogP) is 1.83. The van der Waals surface area contributed by atoms with Gasteiger partial charge in [0.15, 0.2) is 0 Å². The largest absolute Gasteiger partial charge is 0.481 e. The molecule has 2 N–H and O–H groups in total. The second-order valence-corrected chi connectivity index (χ2v) is 5.40. The van der Waals surface area contributed by atoms with Crippen LogP contribution in [-0.2, 0) is 11.3 Å². The van der Waals surface area contributed by atoms with E-state index in [2.05, 4.69) is 10.5 Å². The van der Waals surface area contributed by atoms with Crippen LogP contribution < -0.4 is 5.32 Å². The minimum absolute atomic E-state index is 0.00125. The summed E-state index contributed by atoms with van der Waals surface area (Å²) in [6.45, 7) is 4.57.